The second-order valence-corrected chi connectivity index (χ2v) is 14.2. The van der Waals surface area contributed by atoms with Gasteiger partial charge in [0.25, 0.3) is 0 Å². The van der Waals surface area contributed by atoms with Crippen molar-refractivity contribution in [3.05, 3.63) is 68.7 Å². The van der Waals surface area contributed by atoms with Crippen molar-refractivity contribution in [1.29, 1.82) is 0 Å². The van der Waals surface area contributed by atoms with Gasteiger partial charge in [-0.25, -0.2) is 0 Å². The Labute approximate surface area is 237 Å². The number of benzene rings is 2. The summed E-state index contributed by atoms with van der Waals surface area (Å²) in [5, 5.41) is 1.28. The summed E-state index contributed by atoms with van der Waals surface area (Å²) < 4.78 is 12.5. The lowest BCUT2D eigenvalue weighted by molar-refractivity contribution is -0.124. The number of nitrogen functional groups attached to an aromatic ring is 2. The monoisotopic (exact) mass is 554 g/mol. The summed E-state index contributed by atoms with van der Waals surface area (Å²) in [6.45, 7) is 17.1. The molecule has 6 rings (SSSR count). The lowest BCUT2D eigenvalue weighted by Gasteiger charge is -2.44. The standard InChI is InChI=1S/2C16H20ClNO/c2*1-15(2)8-11-10-7-13(17)14(18)6-9(10)5-12(11)16(3,4)19-15/h2*6-8,12H,5,18H2,1-4H3/t2*12-/m00/s1. The van der Waals surface area contributed by atoms with Crippen LogP contribution in [0.15, 0.2) is 36.4 Å². The minimum atomic E-state index is -0.245. The zero-order chi connectivity index (χ0) is 28.0. The molecule has 0 fully saturated rings. The third-order valence-corrected chi connectivity index (χ3v) is 9.06. The predicted octanol–water partition coefficient (Wildman–Crippen LogP) is 8.13. The number of ether oxygens (including phenoxy) is 2. The first-order valence-electron chi connectivity index (χ1n) is 13.4. The smallest absolute Gasteiger partial charge is 0.0819 e. The second kappa shape index (κ2) is 8.76. The van der Waals surface area contributed by atoms with E-state index in [-0.39, 0.29) is 22.4 Å². The summed E-state index contributed by atoms with van der Waals surface area (Å²) in [6.07, 6.45) is 6.43. The quantitative estimate of drug-likeness (QED) is 0.322. The molecule has 0 unspecified atom stereocenters. The van der Waals surface area contributed by atoms with Crippen molar-refractivity contribution in [2.45, 2.75) is 90.6 Å². The molecule has 0 radical (unpaired) electrons. The van der Waals surface area contributed by atoms with Crippen LogP contribution in [0.2, 0.25) is 10.0 Å². The molecule has 4 aliphatic rings. The normalized spacial score (nSPS) is 26.6. The first-order valence-corrected chi connectivity index (χ1v) is 14.2. The van der Waals surface area contributed by atoms with Gasteiger partial charge in [0.1, 0.15) is 0 Å². The van der Waals surface area contributed by atoms with Crippen LogP contribution in [0.25, 0.3) is 11.1 Å². The Hall–Kier alpha value is -1.98. The molecule has 204 valence electrons. The Morgan fingerprint density at radius 3 is 1.32 bits per heavy atom. The molecule has 2 heterocycles. The fraction of sp³-hybridized carbons (Fsp3) is 0.500. The fourth-order valence-corrected chi connectivity index (χ4v) is 7.42. The van der Waals surface area contributed by atoms with Gasteiger partial charge in [0.2, 0.25) is 0 Å². The molecule has 0 bridgehead atoms. The Morgan fingerprint density at radius 1 is 0.632 bits per heavy atom. The zero-order valence-corrected chi connectivity index (χ0v) is 25.3. The van der Waals surface area contributed by atoms with Gasteiger partial charge >= 0.3 is 0 Å². The molecule has 2 aromatic carbocycles. The van der Waals surface area contributed by atoms with E-state index in [9.17, 15) is 0 Å². The molecule has 2 aliphatic carbocycles. The average Bonchev–Trinajstić information content (AvgIpc) is 3.26. The van der Waals surface area contributed by atoms with Gasteiger partial charge in [0.15, 0.2) is 0 Å². The lowest BCUT2D eigenvalue weighted by atomic mass is 9.79. The molecule has 0 saturated carbocycles. The van der Waals surface area contributed by atoms with E-state index < -0.39 is 0 Å². The van der Waals surface area contributed by atoms with E-state index in [1.165, 1.54) is 33.4 Å². The van der Waals surface area contributed by atoms with Gasteiger partial charge in [0.05, 0.1) is 43.8 Å². The number of hydrogen-bond acceptors (Lipinski definition) is 4. The first-order chi connectivity index (χ1) is 17.4. The maximum atomic E-state index is 6.23. The zero-order valence-electron chi connectivity index (χ0n) is 23.8. The topological polar surface area (TPSA) is 70.5 Å². The molecular formula is C32H40Cl2N2O2. The van der Waals surface area contributed by atoms with Crippen LogP contribution in [0.4, 0.5) is 11.4 Å². The van der Waals surface area contributed by atoms with Crippen molar-refractivity contribution in [3.63, 3.8) is 0 Å². The van der Waals surface area contributed by atoms with Crippen LogP contribution in [0.5, 0.6) is 0 Å². The Bertz CT molecular complexity index is 1280. The van der Waals surface area contributed by atoms with E-state index in [1.807, 2.05) is 24.3 Å². The predicted molar refractivity (Wildman–Crippen MR) is 161 cm³/mol. The molecule has 4 nitrogen and oxygen atoms in total. The van der Waals surface area contributed by atoms with Gasteiger partial charge in [-0.05, 0) is 138 Å². The van der Waals surface area contributed by atoms with Crippen molar-refractivity contribution < 1.29 is 9.47 Å². The van der Waals surface area contributed by atoms with Crippen LogP contribution >= 0.6 is 23.2 Å². The highest BCUT2D eigenvalue weighted by Crippen LogP contribution is 2.52. The molecule has 0 aromatic heterocycles. The van der Waals surface area contributed by atoms with Crippen molar-refractivity contribution in [3.8, 4) is 0 Å². The van der Waals surface area contributed by atoms with E-state index in [0.717, 1.165) is 12.8 Å². The number of anilines is 2. The molecule has 0 saturated heterocycles. The molecule has 38 heavy (non-hydrogen) atoms. The van der Waals surface area contributed by atoms with Crippen molar-refractivity contribution in [2.24, 2.45) is 11.8 Å². The molecule has 2 atom stereocenters. The molecular weight excluding hydrogens is 515 g/mol. The summed E-state index contributed by atoms with van der Waals surface area (Å²) in [5.74, 6) is 0.766. The van der Waals surface area contributed by atoms with E-state index in [4.69, 9.17) is 44.1 Å². The van der Waals surface area contributed by atoms with E-state index in [1.54, 1.807) is 0 Å². The van der Waals surface area contributed by atoms with E-state index in [2.05, 4.69) is 67.5 Å². The van der Waals surface area contributed by atoms with Gasteiger partial charge in [-0.3, -0.25) is 0 Å². The number of rotatable bonds is 0. The van der Waals surface area contributed by atoms with Crippen LogP contribution in [0.3, 0.4) is 0 Å². The highest BCUT2D eigenvalue weighted by molar-refractivity contribution is 6.33. The Kier molecular flexibility index (Phi) is 6.36. The van der Waals surface area contributed by atoms with Crippen molar-refractivity contribution in [1.82, 2.24) is 0 Å². The Morgan fingerprint density at radius 2 is 0.974 bits per heavy atom. The van der Waals surface area contributed by atoms with Gasteiger partial charge in [-0.2, -0.15) is 0 Å². The first kappa shape index (κ1) is 27.6. The minimum absolute atomic E-state index is 0.173. The molecule has 4 N–H and O–H groups in total. The van der Waals surface area contributed by atoms with Crippen molar-refractivity contribution in [2.75, 3.05) is 11.5 Å². The highest BCUT2D eigenvalue weighted by atomic mass is 35.5. The van der Waals surface area contributed by atoms with Crippen LogP contribution in [0, 0.1) is 11.8 Å². The highest BCUT2D eigenvalue weighted by Gasteiger charge is 2.47. The van der Waals surface area contributed by atoms with E-state index in [0.29, 0.717) is 33.3 Å². The minimum Gasteiger partial charge on any atom is -0.398 e. The maximum Gasteiger partial charge on any atom is 0.0819 e. The largest absolute Gasteiger partial charge is 0.398 e. The van der Waals surface area contributed by atoms with Gasteiger partial charge in [-0.1, -0.05) is 23.2 Å². The van der Waals surface area contributed by atoms with Crippen LogP contribution in [-0.2, 0) is 22.3 Å². The summed E-state index contributed by atoms with van der Waals surface area (Å²) in [4.78, 5) is 0. The van der Waals surface area contributed by atoms with Gasteiger partial charge in [0, 0.05) is 11.8 Å². The van der Waals surface area contributed by atoms with Crippen LogP contribution < -0.4 is 11.5 Å². The van der Waals surface area contributed by atoms with E-state index >= 15 is 0 Å². The number of fused-ring (bicyclic) bond motifs is 6. The lowest BCUT2D eigenvalue weighted by Crippen LogP contribution is -2.45. The van der Waals surface area contributed by atoms with Gasteiger partial charge < -0.3 is 20.9 Å². The summed E-state index contributed by atoms with van der Waals surface area (Å²) in [6, 6.07) is 8.05. The summed E-state index contributed by atoms with van der Waals surface area (Å²) in [7, 11) is 0. The van der Waals surface area contributed by atoms with Crippen LogP contribution in [-0.4, -0.2) is 22.4 Å². The summed E-state index contributed by atoms with van der Waals surface area (Å²) >= 11 is 12.4. The number of halogens is 2. The number of nitrogens with two attached hydrogens (primary N) is 2. The average molecular weight is 556 g/mol. The SMILES string of the molecule is CC1(C)C=C2c3cc(Cl)c(N)cc3C[C@@H]2C(C)(C)O1.CC1(C)C=C2c3cc(Cl)c(N)cc3C[C@@H]2C(C)(C)O1. The Balaban J connectivity index is 0.000000155. The molecule has 6 heteroatoms. The fourth-order valence-electron chi connectivity index (χ4n) is 7.09. The van der Waals surface area contributed by atoms with Crippen molar-refractivity contribution >= 4 is 45.7 Å². The van der Waals surface area contributed by atoms with Crippen LogP contribution in [0.1, 0.15) is 77.6 Å². The molecule has 2 aliphatic heterocycles. The summed E-state index contributed by atoms with van der Waals surface area (Å²) in [5.41, 5.74) is 20.1. The third kappa shape index (κ3) is 4.79. The third-order valence-electron chi connectivity index (χ3n) is 8.40. The van der Waals surface area contributed by atoms with Gasteiger partial charge in [-0.15, -0.1) is 0 Å². The molecule has 0 spiro atoms. The molecule has 0 amide bonds. The second-order valence-electron chi connectivity index (χ2n) is 13.4. The number of hydrogen-bond donors (Lipinski definition) is 2. The molecule has 2 aromatic rings. The maximum absolute atomic E-state index is 6.23.